The molecule has 0 unspecified atom stereocenters. The van der Waals surface area contributed by atoms with E-state index >= 15 is 0 Å². The van der Waals surface area contributed by atoms with E-state index in [1.165, 1.54) is 10.6 Å². The highest BCUT2D eigenvalue weighted by Crippen LogP contribution is 2.20. The maximum absolute atomic E-state index is 11.9. The van der Waals surface area contributed by atoms with Crippen molar-refractivity contribution < 1.29 is 18.3 Å². The summed E-state index contributed by atoms with van der Waals surface area (Å²) in [6.45, 7) is 0.903. The molecule has 0 bridgehead atoms. The molecule has 1 rings (SSSR count). The van der Waals surface area contributed by atoms with Gasteiger partial charge < -0.3 is 5.11 Å². The van der Waals surface area contributed by atoms with Crippen LogP contribution in [0.2, 0.25) is 10.0 Å². The van der Waals surface area contributed by atoms with Crippen LogP contribution in [0.25, 0.3) is 0 Å². The summed E-state index contributed by atoms with van der Waals surface area (Å²) in [7, 11) is -3.25. The van der Waals surface area contributed by atoms with Crippen LogP contribution in [0.3, 0.4) is 0 Å². The highest BCUT2D eigenvalue weighted by Gasteiger charge is 2.15. The van der Waals surface area contributed by atoms with E-state index < -0.39 is 16.0 Å². The fourth-order valence-electron chi connectivity index (χ4n) is 2.58. The summed E-state index contributed by atoms with van der Waals surface area (Å²) in [5.41, 5.74) is 0.986. The van der Waals surface area contributed by atoms with Crippen molar-refractivity contribution in [3.63, 3.8) is 0 Å². The molecule has 142 valence electrons. The van der Waals surface area contributed by atoms with E-state index in [4.69, 9.17) is 28.3 Å². The molecule has 25 heavy (non-hydrogen) atoms. The van der Waals surface area contributed by atoms with Gasteiger partial charge in [0.25, 0.3) is 0 Å². The van der Waals surface area contributed by atoms with E-state index in [-0.39, 0.29) is 6.42 Å². The van der Waals surface area contributed by atoms with E-state index in [2.05, 4.69) is 0 Å². The average Bonchev–Trinajstić information content (AvgIpc) is 2.46. The van der Waals surface area contributed by atoms with E-state index in [9.17, 15) is 13.2 Å². The number of benzene rings is 1. The van der Waals surface area contributed by atoms with Crippen LogP contribution in [0.4, 0.5) is 0 Å². The number of halogens is 2. The summed E-state index contributed by atoms with van der Waals surface area (Å²) in [6, 6.07) is 5.33. The SMILES string of the molecule is CS(=O)(=O)N(CCCCCCC(=O)O)CCCc1cc(Cl)cc(Cl)c1. The number of carboxylic acid groups (broad SMARTS) is 1. The Morgan fingerprint density at radius 3 is 2.12 bits per heavy atom. The molecule has 0 fully saturated rings. The number of sulfonamides is 1. The third-order valence-corrected chi connectivity index (χ3v) is 5.55. The van der Waals surface area contributed by atoms with Crippen molar-refractivity contribution in [2.24, 2.45) is 0 Å². The smallest absolute Gasteiger partial charge is 0.303 e. The van der Waals surface area contributed by atoms with E-state index in [0.29, 0.717) is 42.4 Å². The summed E-state index contributed by atoms with van der Waals surface area (Å²) >= 11 is 11.9. The minimum Gasteiger partial charge on any atom is -0.481 e. The predicted octanol–water partition coefficient (Wildman–Crippen LogP) is 4.22. The van der Waals surface area contributed by atoms with Crippen molar-refractivity contribution in [3.05, 3.63) is 33.8 Å². The predicted molar refractivity (Wildman–Crippen MR) is 102 cm³/mol. The van der Waals surface area contributed by atoms with Crippen LogP contribution in [0, 0.1) is 0 Å². The number of hydrogen-bond acceptors (Lipinski definition) is 3. The van der Waals surface area contributed by atoms with E-state index in [1.807, 2.05) is 12.1 Å². The summed E-state index contributed by atoms with van der Waals surface area (Å²) in [6.07, 6.45) is 5.74. The first-order valence-electron chi connectivity index (χ1n) is 8.30. The summed E-state index contributed by atoms with van der Waals surface area (Å²) < 4.78 is 25.3. The molecule has 0 radical (unpaired) electrons. The first kappa shape index (κ1) is 22.2. The second-order valence-corrected chi connectivity index (χ2v) is 8.96. The molecule has 1 N–H and O–H groups in total. The average molecular weight is 410 g/mol. The van der Waals surface area contributed by atoms with Gasteiger partial charge in [-0.3, -0.25) is 4.79 Å². The number of rotatable bonds is 12. The van der Waals surface area contributed by atoms with Crippen LogP contribution < -0.4 is 0 Å². The van der Waals surface area contributed by atoms with Crippen LogP contribution in [-0.2, 0) is 21.2 Å². The highest BCUT2D eigenvalue weighted by molar-refractivity contribution is 7.88. The van der Waals surface area contributed by atoms with Crippen molar-refractivity contribution in [1.29, 1.82) is 0 Å². The van der Waals surface area contributed by atoms with Gasteiger partial charge in [-0.05, 0) is 49.4 Å². The van der Waals surface area contributed by atoms with Gasteiger partial charge in [-0.1, -0.05) is 36.0 Å². The van der Waals surface area contributed by atoms with Gasteiger partial charge in [-0.2, -0.15) is 0 Å². The Balaban J connectivity index is 2.39. The summed E-state index contributed by atoms with van der Waals surface area (Å²) in [5, 5.41) is 9.73. The maximum atomic E-state index is 11.9. The van der Waals surface area contributed by atoms with Gasteiger partial charge >= 0.3 is 5.97 Å². The minimum absolute atomic E-state index is 0.165. The second-order valence-electron chi connectivity index (χ2n) is 6.10. The van der Waals surface area contributed by atoms with Gasteiger partial charge in [0.05, 0.1) is 6.26 Å². The van der Waals surface area contributed by atoms with Crippen LogP contribution in [0.15, 0.2) is 18.2 Å². The lowest BCUT2D eigenvalue weighted by Gasteiger charge is -2.20. The topological polar surface area (TPSA) is 74.7 Å². The Labute approximate surface area is 160 Å². The van der Waals surface area contributed by atoms with Gasteiger partial charge in [0.2, 0.25) is 10.0 Å². The first-order chi connectivity index (χ1) is 11.7. The van der Waals surface area contributed by atoms with Crippen molar-refractivity contribution in [3.8, 4) is 0 Å². The largest absolute Gasteiger partial charge is 0.481 e. The van der Waals surface area contributed by atoms with Crippen LogP contribution in [0.5, 0.6) is 0 Å². The molecule has 8 heteroatoms. The van der Waals surface area contributed by atoms with E-state index in [1.54, 1.807) is 6.07 Å². The van der Waals surface area contributed by atoms with Gasteiger partial charge in [0, 0.05) is 29.6 Å². The fourth-order valence-corrected chi connectivity index (χ4v) is 4.07. The lowest BCUT2D eigenvalue weighted by atomic mass is 10.1. The lowest BCUT2D eigenvalue weighted by Crippen LogP contribution is -2.32. The number of aryl methyl sites for hydroxylation is 1. The standard InChI is InChI=1S/C17H25Cl2NO4S/c1-25(23,24)20(9-5-3-2-4-8-17(21)22)10-6-7-14-11-15(18)13-16(19)12-14/h11-13H,2-10H2,1H3,(H,21,22). The molecule has 0 saturated carbocycles. The first-order valence-corrected chi connectivity index (χ1v) is 10.9. The minimum atomic E-state index is -3.25. The Kier molecular flexibility index (Phi) is 9.79. The molecule has 1 aromatic carbocycles. The number of carbonyl (C=O) groups is 1. The van der Waals surface area contributed by atoms with Crippen molar-refractivity contribution >= 4 is 39.2 Å². The molecular formula is C17H25Cl2NO4S. The zero-order valence-corrected chi connectivity index (χ0v) is 16.7. The summed E-state index contributed by atoms with van der Waals surface area (Å²) in [5.74, 6) is -0.793. The maximum Gasteiger partial charge on any atom is 0.303 e. The van der Waals surface area contributed by atoms with Crippen LogP contribution in [0.1, 0.15) is 44.1 Å². The quantitative estimate of drug-likeness (QED) is 0.524. The second kappa shape index (κ2) is 11.0. The normalized spacial score (nSPS) is 11.8. The molecule has 5 nitrogen and oxygen atoms in total. The number of nitrogens with zero attached hydrogens (tertiary/aromatic N) is 1. The van der Waals surface area contributed by atoms with Crippen molar-refractivity contribution in [2.45, 2.75) is 44.9 Å². The molecule has 0 aliphatic rings. The number of carboxylic acids is 1. The summed E-state index contributed by atoms with van der Waals surface area (Å²) in [4.78, 5) is 10.4. The van der Waals surface area contributed by atoms with Gasteiger partial charge in [0.1, 0.15) is 0 Å². The molecule has 0 amide bonds. The van der Waals surface area contributed by atoms with Gasteiger partial charge in [0.15, 0.2) is 0 Å². The number of unbranched alkanes of at least 4 members (excludes halogenated alkanes) is 3. The lowest BCUT2D eigenvalue weighted by molar-refractivity contribution is -0.137. The van der Waals surface area contributed by atoms with Crippen molar-refractivity contribution in [2.75, 3.05) is 19.3 Å². The molecule has 0 saturated heterocycles. The van der Waals surface area contributed by atoms with Gasteiger partial charge in [-0.15, -0.1) is 0 Å². The zero-order chi connectivity index (χ0) is 18.9. The third-order valence-electron chi connectivity index (χ3n) is 3.81. The van der Waals surface area contributed by atoms with Gasteiger partial charge in [-0.25, -0.2) is 12.7 Å². The Morgan fingerprint density at radius 2 is 1.56 bits per heavy atom. The molecule has 0 aliphatic carbocycles. The molecule has 1 aromatic rings. The molecular weight excluding hydrogens is 385 g/mol. The van der Waals surface area contributed by atoms with Crippen LogP contribution >= 0.6 is 23.2 Å². The zero-order valence-electron chi connectivity index (χ0n) is 14.4. The highest BCUT2D eigenvalue weighted by atomic mass is 35.5. The number of aliphatic carboxylic acids is 1. The molecule has 0 aromatic heterocycles. The Hall–Kier alpha value is -0.820. The molecule has 0 atom stereocenters. The Bertz CT molecular complexity index is 644. The van der Waals surface area contributed by atoms with Crippen LogP contribution in [-0.4, -0.2) is 43.1 Å². The molecule has 0 aliphatic heterocycles. The molecule has 0 heterocycles. The third kappa shape index (κ3) is 10.0. The molecule has 0 spiro atoms. The van der Waals surface area contributed by atoms with Crippen molar-refractivity contribution in [1.82, 2.24) is 4.31 Å². The Morgan fingerprint density at radius 1 is 1.00 bits per heavy atom. The number of hydrogen-bond donors (Lipinski definition) is 1. The fraction of sp³-hybridized carbons (Fsp3) is 0.588. The van der Waals surface area contributed by atoms with E-state index in [0.717, 1.165) is 24.8 Å². The monoisotopic (exact) mass is 409 g/mol.